The fraction of sp³-hybridized carbons (Fsp3) is 0.294. The topological polar surface area (TPSA) is 75.3 Å². The van der Waals surface area contributed by atoms with E-state index in [2.05, 4.69) is 40.0 Å². The van der Waals surface area contributed by atoms with Crippen LogP contribution in [0.1, 0.15) is 25.5 Å². The van der Waals surface area contributed by atoms with Crippen molar-refractivity contribution in [1.29, 1.82) is 0 Å². The quantitative estimate of drug-likeness (QED) is 0.807. The molecule has 3 rings (SSSR count). The fourth-order valence-corrected chi connectivity index (χ4v) is 2.68. The molecule has 3 N–H and O–H groups in total. The van der Waals surface area contributed by atoms with Crippen molar-refractivity contribution in [2.45, 2.75) is 25.9 Å². The van der Waals surface area contributed by atoms with Gasteiger partial charge in [-0.1, -0.05) is 30.3 Å². The molecule has 2 heterocycles. The van der Waals surface area contributed by atoms with Gasteiger partial charge in [0.2, 0.25) is 0 Å². The number of carbonyl (C=O) groups is 1. The highest BCUT2D eigenvalue weighted by atomic mass is 16.5. The minimum atomic E-state index is -0.501. The molecule has 0 aliphatic carbocycles. The molecule has 0 radical (unpaired) electrons. The molecular weight excluding hydrogens is 292 g/mol. The predicted octanol–water partition coefficient (Wildman–Crippen LogP) is 3.62. The Morgan fingerprint density at radius 3 is 2.78 bits per heavy atom. The number of hydrogen-bond donors (Lipinski definition) is 3. The highest BCUT2D eigenvalue weighted by Gasteiger charge is 2.26. The van der Waals surface area contributed by atoms with Crippen molar-refractivity contribution in [3.05, 3.63) is 48.2 Å². The summed E-state index contributed by atoms with van der Waals surface area (Å²) in [4.78, 5) is 15.7. The van der Waals surface area contributed by atoms with Crippen molar-refractivity contribution in [2.24, 2.45) is 0 Å². The summed E-state index contributed by atoms with van der Waals surface area (Å²) in [6.45, 7) is 4.20. The van der Waals surface area contributed by atoms with Gasteiger partial charge in [0, 0.05) is 12.1 Å². The summed E-state index contributed by atoms with van der Waals surface area (Å²) >= 11 is 0. The summed E-state index contributed by atoms with van der Waals surface area (Å²) in [6.07, 6.45) is 1.21. The number of aromatic nitrogens is 1. The molecule has 1 unspecified atom stereocenters. The van der Waals surface area contributed by atoms with E-state index in [-0.39, 0.29) is 12.1 Å². The molecule has 1 amide bonds. The summed E-state index contributed by atoms with van der Waals surface area (Å²) in [5, 5.41) is 9.57. The van der Waals surface area contributed by atoms with Crippen LogP contribution < -0.4 is 16.0 Å². The lowest BCUT2D eigenvalue weighted by atomic mass is 9.97. The van der Waals surface area contributed by atoms with Gasteiger partial charge in [0.05, 0.1) is 30.2 Å². The van der Waals surface area contributed by atoms with Crippen molar-refractivity contribution in [3.63, 3.8) is 0 Å². The molecule has 0 fully saturated rings. The van der Waals surface area contributed by atoms with E-state index in [9.17, 15) is 4.79 Å². The van der Waals surface area contributed by atoms with Crippen LogP contribution in [0.3, 0.4) is 0 Å². The molecule has 1 aliphatic heterocycles. The largest absolute Gasteiger partial charge is 0.450 e. The van der Waals surface area contributed by atoms with Crippen LogP contribution in [0.15, 0.2) is 42.6 Å². The normalized spacial score (nSPS) is 19.0. The Balaban J connectivity index is 1.78. The molecule has 0 bridgehead atoms. The second-order valence-corrected chi connectivity index (χ2v) is 5.43. The number of ether oxygens (including phenoxy) is 1. The maximum Gasteiger partial charge on any atom is 0.412 e. The summed E-state index contributed by atoms with van der Waals surface area (Å²) in [5.41, 5.74) is 3.03. The van der Waals surface area contributed by atoms with Crippen LogP contribution in [0.25, 0.3) is 0 Å². The number of carbonyl (C=O) groups excluding carboxylic acids is 1. The number of nitrogens with zero attached hydrogens (tertiary/aromatic N) is 1. The van der Waals surface area contributed by atoms with E-state index in [0.29, 0.717) is 12.4 Å². The van der Waals surface area contributed by atoms with E-state index >= 15 is 0 Å². The first-order valence-electron chi connectivity index (χ1n) is 7.69. The molecule has 6 heteroatoms. The minimum absolute atomic E-state index is 0.161. The molecule has 1 aromatic heterocycles. The number of anilines is 3. The van der Waals surface area contributed by atoms with Crippen LogP contribution in [0.2, 0.25) is 0 Å². The maximum absolute atomic E-state index is 11.5. The Labute approximate surface area is 135 Å². The van der Waals surface area contributed by atoms with Crippen LogP contribution in [-0.2, 0) is 4.74 Å². The van der Waals surface area contributed by atoms with Crippen LogP contribution in [0.4, 0.5) is 22.0 Å². The van der Waals surface area contributed by atoms with Crippen molar-refractivity contribution in [2.75, 3.05) is 22.6 Å². The van der Waals surface area contributed by atoms with E-state index in [0.717, 1.165) is 11.4 Å². The van der Waals surface area contributed by atoms with Gasteiger partial charge < -0.3 is 15.4 Å². The lowest BCUT2D eigenvalue weighted by Gasteiger charge is -2.34. The van der Waals surface area contributed by atoms with Crippen molar-refractivity contribution in [1.82, 2.24) is 4.98 Å². The van der Waals surface area contributed by atoms with Gasteiger partial charge in [-0.25, -0.2) is 9.78 Å². The number of pyridine rings is 1. The number of benzene rings is 1. The second kappa shape index (κ2) is 6.56. The first-order valence-corrected chi connectivity index (χ1v) is 7.69. The monoisotopic (exact) mass is 312 g/mol. The Morgan fingerprint density at radius 2 is 2.04 bits per heavy atom. The molecule has 1 aromatic carbocycles. The molecule has 1 aliphatic rings. The molecule has 23 heavy (non-hydrogen) atoms. The number of rotatable bonds is 3. The molecule has 2 aromatic rings. The van der Waals surface area contributed by atoms with Gasteiger partial charge in [-0.3, -0.25) is 5.32 Å². The summed E-state index contributed by atoms with van der Waals surface area (Å²) in [6, 6.07) is 12.4. The van der Waals surface area contributed by atoms with Gasteiger partial charge in [-0.05, 0) is 19.4 Å². The van der Waals surface area contributed by atoms with Gasteiger partial charge in [-0.2, -0.15) is 0 Å². The molecule has 2 atom stereocenters. The standard InChI is InChI=1S/C17H20N4O2/c1-3-23-17(22)21-15-9-13-14(10-18-15)20-16(11(2)19-13)12-7-5-4-6-8-12/h4-11,16,19-20H,3H2,1-2H3,(H,18,21,22)/t11-,16?/m0/s1. The summed E-state index contributed by atoms with van der Waals surface area (Å²) in [5.74, 6) is 0.460. The lowest BCUT2D eigenvalue weighted by molar-refractivity contribution is 0.168. The number of fused-ring (bicyclic) bond motifs is 1. The molecule has 120 valence electrons. The zero-order chi connectivity index (χ0) is 16.2. The highest BCUT2D eigenvalue weighted by molar-refractivity contribution is 5.85. The first kappa shape index (κ1) is 15.1. The third-order valence-electron chi connectivity index (χ3n) is 3.76. The van der Waals surface area contributed by atoms with E-state index in [1.54, 1.807) is 19.2 Å². The fourth-order valence-electron chi connectivity index (χ4n) is 2.68. The number of amides is 1. The third-order valence-corrected chi connectivity index (χ3v) is 3.76. The van der Waals surface area contributed by atoms with Gasteiger partial charge in [-0.15, -0.1) is 0 Å². The SMILES string of the molecule is CCOC(=O)Nc1cc2c(cn1)NC(c1ccccc1)[C@H](C)N2. The highest BCUT2D eigenvalue weighted by Crippen LogP contribution is 2.35. The molecule has 0 saturated heterocycles. The summed E-state index contributed by atoms with van der Waals surface area (Å²) in [7, 11) is 0. The average Bonchev–Trinajstić information content (AvgIpc) is 2.55. The van der Waals surface area contributed by atoms with Gasteiger partial charge in [0.1, 0.15) is 5.82 Å². The minimum Gasteiger partial charge on any atom is -0.450 e. The van der Waals surface area contributed by atoms with E-state index < -0.39 is 6.09 Å². The Bertz CT molecular complexity index is 690. The molecule has 6 nitrogen and oxygen atoms in total. The van der Waals surface area contributed by atoms with Crippen LogP contribution >= 0.6 is 0 Å². The van der Waals surface area contributed by atoms with E-state index in [1.165, 1.54) is 5.56 Å². The smallest absolute Gasteiger partial charge is 0.412 e. The van der Waals surface area contributed by atoms with Crippen molar-refractivity contribution in [3.8, 4) is 0 Å². The Kier molecular flexibility index (Phi) is 4.32. The van der Waals surface area contributed by atoms with Crippen LogP contribution in [0, 0.1) is 0 Å². The Morgan fingerprint density at radius 1 is 1.26 bits per heavy atom. The molecule has 0 spiro atoms. The molecule has 0 saturated carbocycles. The Hall–Kier alpha value is -2.76. The lowest BCUT2D eigenvalue weighted by Crippen LogP contribution is -2.34. The van der Waals surface area contributed by atoms with E-state index in [1.807, 2.05) is 18.2 Å². The maximum atomic E-state index is 11.5. The van der Waals surface area contributed by atoms with Gasteiger partial charge in [0.25, 0.3) is 0 Å². The van der Waals surface area contributed by atoms with Crippen LogP contribution in [0.5, 0.6) is 0 Å². The molecular formula is C17H20N4O2. The van der Waals surface area contributed by atoms with Crippen molar-refractivity contribution < 1.29 is 9.53 Å². The van der Waals surface area contributed by atoms with Gasteiger partial charge in [0.15, 0.2) is 0 Å². The average molecular weight is 312 g/mol. The zero-order valence-electron chi connectivity index (χ0n) is 13.2. The first-order chi connectivity index (χ1) is 11.2. The van der Waals surface area contributed by atoms with Crippen LogP contribution in [-0.4, -0.2) is 23.7 Å². The zero-order valence-corrected chi connectivity index (χ0v) is 13.2. The third kappa shape index (κ3) is 3.36. The van der Waals surface area contributed by atoms with Gasteiger partial charge >= 0.3 is 6.09 Å². The summed E-state index contributed by atoms with van der Waals surface area (Å²) < 4.78 is 4.86. The van der Waals surface area contributed by atoms with Crippen molar-refractivity contribution >= 4 is 23.3 Å². The number of hydrogen-bond acceptors (Lipinski definition) is 5. The predicted molar refractivity (Wildman–Crippen MR) is 90.8 cm³/mol. The number of nitrogens with one attached hydrogen (secondary N) is 3. The van der Waals surface area contributed by atoms with E-state index in [4.69, 9.17) is 4.74 Å². The second-order valence-electron chi connectivity index (χ2n) is 5.43.